The lowest BCUT2D eigenvalue weighted by Crippen LogP contribution is -2.28. The minimum atomic E-state index is -0.528. The number of nitrogens with two attached hydrogens (primary N) is 1. The summed E-state index contributed by atoms with van der Waals surface area (Å²) in [6, 6.07) is 13.5. The summed E-state index contributed by atoms with van der Waals surface area (Å²) < 4.78 is 5.40. The number of benzene rings is 2. The Kier molecular flexibility index (Phi) is 5.40. The highest BCUT2D eigenvalue weighted by atomic mass is 16.5. The summed E-state index contributed by atoms with van der Waals surface area (Å²) >= 11 is 0. The van der Waals surface area contributed by atoms with E-state index >= 15 is 0 Å². The second kappa shape index (κ2) is 7.90. The number of rotatable bonds is 6. The molecule has 0 bridgehead atoms. The van der Waals surface area contributed by atoms with Gasteiger partial charge in [0.05, 0.1) is 12.5 Å². The lowest BCUT2D eigenvalue weighted by molar-refractivity contribution is -0.122. The van der Waals surface area contributed by atoms with Crippen molar-refractivity contribution < 1.29 is 19.1 Å². The van der Waals surface area contributed by atoms with E-state index in [1.807, 2.05) is 19.1 Å². The largest absolute Gasteiger partial charge is 0.494 e. The first kappa shape index (κ1) is 18.4. The van der Waals surface area contributed by atoms with Crippen LogP contribution < -0.4 is 20.7 Å². The molecule has 7 nitrogen and oxygen atoms in total. The van der Waals surface area contributed by atoms with Crippen LogP contribution in [0.1, 0.15) is 23.7 Å². The van der Waals surface area contributed by atoms with Gasteiger partial charge < -0.3 is 20.7 Å². The molecule has 0 saturated carbocycles. The topological polar surface area (TPSA) is 102 Å². The van der Waals surface area contributed by atoms with Crippen LogP contribution >= 0.6 is 0 Å². The van der Waals surface area contributed by atoms with Gasteiger partial charge >= 0.3 is 0 Å². The van der Waals surface area contributed by atoms with E-state index in [9.17, 15) is 14.4 Å². The molecule has 1 fully saturated rings. The van der Waals surface area contributed by atoms with Crippen molar-refractivity contribution in [1.29, 1.82) is 0 Å². The average Bonchev–Trinajstić information content (AvgIpc) is 3.05. The molecule has 1 saturated heterocycles. The molecule has 1 aliphatic heterocycles. The molecule has 0 aromatic heterocycles. The molecular weight excluding hydrogens is 346 g/mol. The molecule has 0 aliphatic carbocycles. The first-order valence-corrected chi connectivity index (χ1v) is 8.72. The molecule has 0 radical (unpaired) electrons. The highest BCUT2D eigenvalue weighted by molar-refractivity contribution is 6.03. The van der Waals surface area contributed by atoms with Gasteiger partial charge in [-0.3, -0.25) is 14.4 Å². The summed E-state index contributed by atoms with van der Waals surface area (Å²) in [6.07, 6.45) is 0.151. The third kappa shape index (κ3) is 4.25. The summed E-state index contributed by atoms with van der Waals surface area (Å²) in [4.78, 5) is 37.5. The maximum absolute atomic E-state index is 12.5. The second-order valence-electron chi connectivity index (χ2n) is 6.26. The van der Waals surface area contributed by atoms with Crippen LogP contribution in [0.15, 0.2) is 48.5 Å². The Morgan fingerprint density at radius 3 is 2.41 bits per heavy atom. The summed E-state index contributed by atoms with van der Waals surface area (Å²) in [5.41, 5.74) is 6.86. The third-order valence-corrected chi connectivity index (χ3v) is 4.39. The van der Waals surface area contributed by atoms with E-state index in [0.717, 1.165) is 11.4 Å². The standard InChI is InChI=1S/C20H21N3O4/c1-2-27-17-9-7-16(8-10-17)23-12-14(11-18(23)24)20(26)22-15-5-3-13(4-6-15)19(21)25/h3-10,14H,2,11-12H2,1H3,(H2,21,25)(H,22,26). The number of hydrogen-bond donors (Lipinski definition) is 2. The summed E-state index contributed by atoms with van der Waals surface area (Å²) in [5.74, 6) is -0.561. The number of anilines is 2. The van der Waals surface area contributed by atoms with Gasteiger partial charge in [-0.1, -0.05) is 0 Å². The van der Waals surface area contributed by atoms with E-state index in [0.29, 0.717) is 24.4 Å². The molecule has 3 rings (SSSR count). The molecule has 3 amide bonds. The van der Waals surface area contributed by atoms with Crippen molar-refractivity contribution in [2.75, 3.05) is 23.4 Å². The van der Waals surface area contributed by atoms with Gasteiger partial charge in [0.25, 0.3) is 0 Å². The number of hydrogen-bond acceptors (Lipinski definition) is 4. The van der Waals surface area contributed by atoms with E-state index in [1.165, 1.54) is 0 Å². The SMILES string of the molecule is CCOc1ccc(N2CC(C(=O)Nc3ccc(C(N)=O)cc3)CC2=O)cc1. The maximum Gasteiger partial charge on any atom is 0.248 e. The number of carbonyl (C=O) groups excluding carboxylic acids is 3. The van der Waals surface area contributed by atoms with Crippen LogP contribution in [0.25, 0.3) is 0 Å². The van der Waals surface area contributed by atoms with Crippen LogP contribution in [0, 0.1) is 5.92 Å². The van der Waals surface area contributed by atoms with Gasteiger partial charge in [0.2, 0.25) is 17.7 Å². The monoisotopic (exact) mass is 367 g/mol. The molecule has 27 heavy (non-hydrogen) atoms. The summed E-state index contributed by atoms with van der Waals surface area (Å²) in [6.45, 7) is 2.80. The average molecular weight is 367 g/mol. The molecule has 7 heteroatoms. The first-order chi connectivity index (χ1) is 13.0. The highest BCUT2D eigenvalue weighted by Gasteiger charge is 2.35. The molecule has 0 spiro atoms. The fourth-order valence-corrected chi connectivity index (χ4v) is 2.98. The lowest BCUT2D eigenvalue weighted by atomic mass is 10.1. The van der Waals surface area contributed by atoms with Gasteiger partial charge in [0.1, 0.15) is 5.75 Å². The minimum absolute atomic E-state index is 0.0941. The van der Waals surface area contributed by atoms with Crippen LogP contribution in [0.5, 0.6) is 5.75 Å². The van der Waals surface area contributed by atoms with Crippen LogP contribution in [-0.2, 0) is 9.59 Å². The molecule has 2 aromatic carbocycles. The second-order valence-corrected chi connectivity index (χ2v) is 6.26. The van der Waals surface area contributed by atoms with Gasteiger partial charge in [0.15, 0.2) is 0 Å². The normalized spacial score (nSPS) is 16.3. The fourth-order valence-electron chi connectivity index (χ4n) is 2.98. The van der Waals surface area contributed by atoms with Crippen molar-refractivity contribution in [2.24, 2.45) is 11.7 Å². The number of carbonyl (C=O) groups is 3. The zero-order valence-electron chi connectivity index (χ0n) is 15.0. The van der Waals surface area contributed by atoms with Gasteiger partial charge in [-0.15, -0.1) is 0 Å². The van der Waals surface area contributed by atoms with Crippen LogP contribution in [-0.4, -0.2) is 30.9 Å². The van der Waals surface area contributed by atoms with E-state index in [2.05, 4.69) is 5.32 Å². The van der Waals surface area contributed by atoms with Crippen LogP contribution in [0.3, 0.4) is 0 Å². The predicted octanol–water partition coefficient (Wildman–Crippen LogP) is 2.18. The van der Waals surface area contributed by atoms with E-state index in [1.54, 1.807) is 41.3 Å². The molecule has 1 aliphatic rings. The Hall–Kier alpha value is -3.35. The van der Waals surface area contributed by atoms with Gasteiger partial charge in [0, 0.05) is 29.9 Å². The quantitative estimate of drug-likeness (QED) is 0.817. The van der Waals surface area contributed by atoms with E-state index in [-0.39, 0.29) is 18.2 Å². The lowest BCUT2D eigenvalue weighted by Gasteiger charge is -2.17. The Bertz CT molecular complexity index is 847. The Morgan fingerprint density at radius 2 is 1.81 bits per heavy atom. The van der Waals surface area contributed by atoms with Crippen LogP contribution in [0.4, 0.5) is 11.4 Å². The van der Waals surface area contributed by atoms with Crippen molar-refractivity contribution in [1.82, 2.24) is 0 Å². The van der Waals surface area contributed by atoms with E-state index in [4.69, 9.17) is 10.5 Å². The summed E-state index contributed by atoms with van der Waals surface area (Å²) in [5, 5.41) is 2.78. The third-order valence-electron chi connectivity index (χ3n) is 4.39. The number of ether oxygens (including phenoxy) is 1. The molecular formula is C20H21N3O4. The smallest absolute Gasteiger partial charge is 0.248 e. The maximum atomic E-state index is 12.5. The molecule has 2 aromatic rings. The van der Waals surface area contributed by atoms with Crippen molar-refractivity contribution in [3.05, 3.63) is 54.1 Å². The van der Waals surface area contributed by atoms with Gasteiger partial charge in [-0.2, -0.15) is 0 Å². The first-order valence-electron chi connectivity index (χ1n) is 8.72. The number of nitrogens with zero attached hydrogens (tertiary/aromatic N) is 1. The molecule has 1 unspecified atom stereocenters. The zero-order chi connectivity index (χ0) is 19.4. The molecule has 1 atom stereocenters. The highest BCUT2D eigenvalue weighted by Crippen LogP contribution is 2.27. The number of primary amides is 1. The van der Waals surface area contributed by atoms with Crippen molar-refractivity contribution in [3.63, 3.8) is 0 Å². The van der Waals surface area contributed by atoms with Crippen molar-refractivity contribution in [3.8, 4) is 5.75 Å². The van der Waals surface area contributed by atoms with Crippen LogP contribution in [0.2, 0.25) is 0 Å². The zero-order valence-corrected chi connectivity index (χ0v) is 15.0. The number of amides is 3. The summed E-state index contributed by atoms with van der Waals surface area (Å²) in [7, 11) is 0. The van der Waals surface area contributed by atoms with Gasteiger partial charge in [-0.05, 0) is 55.5 Å². The Balaban J connectivity index is 1.63. The minimum Gasteiger partial charge on any atom is -0.494 e. The van der Waals surface area contributed by atoms with Crippen molar-refractivity contribution >= 4 is 29.1 Å². The van der Waals surface area contributed by atoms with Gasteiger partial charge in [-0.25, -0.2) is 0 Å². The van der Waals surface area contributed by atoms with Crippen molar-refractivity contribution in [2.45, 2.75) is 13.3 Å². The van der Waals surface area contributed by atoms with E-state index < -0.39 is 11.8 Å². The predicted molar refractivity (Wildman–Crippen MR) is 102 cm³/mol. The fraction of sp³-hybridized carbons (Fsp3) is 0.250. The molecule has 3 N–H and O–H groups in total. The Labute approximate surface area is 157 Å². The number of nitrogens with one attached hydrogen (secondary N) is 1. The molecule has 140 valence electrons. The Morgan fingerprint density at radius 1 is 1.15 bits per heavy atom. The molecule has 1 heterocycles.